The van der Waals surface area contributed by atoms with E-state index in [-0.39, 0.29) is 23.8 Å². The Kier molecular flexibility index (Phi) is 5.78. The van der Waals surface area contributed by atoms with Gasteiger partial charge in [-0.05, 0) is 12.1 Å². The van der Waals surface area contributed by atoms with E-state index in [4.69, 9.17) is 11.6 Å². The molecule has 0 amide bonds. The van der Waals surface area contributed by atoms with E-state index in [1.165, 1.54) is 13.2 Å². The second-order valence-electron chi connectivity index (χ2n) is 3.99. The molecule has 0 aliphatic rings. The van der Waals surface area contributed by atoms with Gasteiger partial charge >= 0.3 is 5.97 Å². The van der Waals surface area contributed by atoms with Crippen LogP contribution >= 0.6 is 11.6 Å². The summed E-state index contributed by atoms with van der Waals surface area (Å²) in [4.78, 5) is 11.1. The largest absolute Gasteiger partial charge is 0.469 e. The van der Waals surface area contributed by atoms with Crippen molar-refractivity contribution in [3.8, 4) is 0 Å². The van der Waals surface area contributed by atoms with Crippen LogP contribution in [0.4, 0.5) is 0 Å². The molecule has 7 heteroatoms. The third-order valence-corrected chi connectivity index (χ3v) is 4.05. The fourth-order valence-electron chi connectivity index (χ4n) is 1.56. The monoisotopic (exact) mass is 305 g/mol. The Morgan fingerprint density at radius 3 is 2.68 bits per heavy atom. The molecule has 0 atom stereocenters. The van der Waals surface area contributed by atoms with Crippen LogP contribution in [0.3, 0.4) is 0 Å². The molecule has 0 heterocycles. The van der Waals surface area contributed by atoms with Crippen molar-refractivity contribution < 1.29 is 17.9 Å². The number of ether oxygens (including phenoxy) is 1. The molecule has 0 saturated heterocycles. The summed E-state index contributed by atoms with van der Waals surface area (Å²) in [5.74, 6) is -0.324. The Labute approximate surface area is 117 Å². The maximum absolute atomic E-state index is 11.6. The number of sulfone groups is 1. The Balaban J connectivity index is 2.76. The van der Waals surface area contributed by atoms with Gasteiger partial charge in [0.05, 0.1) is 18.4 Å². The molecule has 1 aromatic rings. The number of methoxy groups -OCH3 is 1. The molecule has 0 saturated carbocycles. The normalized spacial score (nSPS) is 11.3. The molecule has 5 nitrogen and oxygen atoms in total. The van der Waals surface area contributed by atoms with Crippen molar-refractivity contribution in [2.45, 2.75) is 17.9 Å². The van der Waals surface area contributed by atoms with Crippen LogP contribution in [0.5, 0.6) is 0 Å². The minimum atomic E-state index is -3.33. The van der Waals surface area contributed by atoms with Crippen molar-refractivity contribution in [2.75, 3.05) is 19.9 Å². The van der Waals surface area contributed by atoms with Crippen molar-refractivity contribution in [3.63, 3.8) is 0 Å². The highest BCUT2D eigenvalue weighted by Gasteiger charge is 2.15. The van der Waals surface area contributed by atoms with Gasteiger partial charge in [-0.15, -0.1) is 0 Å². The van der Waals surface area contributed by atoms with E-state index in [0.29, 0.717) is 17.1 Å². The van der Waals surface area contributed by atoms with Gasteiger partial charge in [0.25, 0.3) is 0 Å². The van der Waals surface area contributed by atoms with Crippen LogP contribution in [0.15, 0.2) is 23.1 Å². The molecule has 106 valence electrons. The highest BCUT2D eigenvalue weighted by molar-refractivity contribution is 7.90. The lowest BCUT2D eigenvalue weighted by molar-refractivity contribution is -0.140. The number of carbonyl (C=O) groups is 1. The summed E-state index contributed by atoms with van der Waals surface area (Å²) < 4.78 is 27.8. The number of carbonyl (C=O) groups excluding carboxylic acids is 1. The van der Waals surface area contributed by atoms with Crippen molar-refractivity contribution in [1.29, 1.82) is 0 Å². The summed E-state index contributed by atoms with van der Waals surface area (Å²) >= 11 is 6.01. The highest BCUT2D eigenvalue weighted by atomic mass is 35.5. The number of rotatable bonds is 6. The summed E-state index contributed by atoms with van der Waals surface area (Å²) in [6, 6.07) is 4.74. The second-order valence-corrected chi connectivity index (χ2v) is 6.38. The van der Waals surface area contributed by atoms with E-state index in [9.17, 15) is 13.2 Å². The quantitative estimate of drug-likeness (QED) is 0.635. The highest BCUT2D eigenvalue weighted by Crippen LogP contribution is 2.23. The molecule has 0 aromatic heterocycles. The first-order valence-corrected chi connectivity index (χ1v) is 7.88. The van der Waals surface area contributed by atoms with Crippen molar-refractivity contribution in [2.24, 2.45) is 0 Å². The number of hydrogen-bond donors (Lipinski definition) is 1. The molecular weight excluding hydrogens is 290 g/mol. The van der Waals surface area contributed by atoms with Gasteiger partial charge in [-0.3, -0.25) is 4.79 Å². The summed E-state index contributed by atoms with van der Waals surface area (Å²) in [5.41, 5.74) is 0.511. The molecule has 1 aromatic carbocycles. The fourth-order valence-corrected chi connectivity index (χ4v) is 2.82. The van der Waals surface area contributed by atoms with Gasteiger partial charge in [-0.25, -0.2) is 8.42 Å². The lowest BCUT2D eigenvalue weighted by atomic mass is 10.2. The maximum atomic E-state index is 11.6. The molecule has 19 heavy (non-hydrogen) atoms. The maximum Gasteiger partial charge on any atom is 0.306 e. The third-order valence-electron chi connectivity index (χ3n) is 2.51. The van der Waals surface area contributed by atoms with E-state index >= 15 is 0 Å². The molecule has 0 fully saturated rings. The van der Waals surface area contributed by atoms with E-state index < -0.39 is 9.84 Å². The van der Waals surface area contributed by atoms with E-state index in [1.54, 1.807) is 12.1 Å². The SMILES string of the molecule is COC(=O)CCNCc1c(Cl)cccc1S(C)(=O)=O. The minimum Gasteiger partial charge on any atom is -0.469 e. The Morgan fingerprint density at radius 1 is 1.42 bits per heavy atom. The van der Waals surface area contributed by atoms with Gasteiger partial charge in [0.2, 0.25) is 0 Å². The van der Waals surface area contributed by atoms with Crippen LogP contribution in [0.1, 0.15) is 12.0 Å². The van der Waals surface area contributed by atoms with Gasteiger partial charge in [0.15, 0.2) is 9.84 Å². The lowest BCUT2D eigenvalue weighted by Crippen LogP contribution is -2.20. The molecule has 0 spiro atoms. The van der Waals surface area contributed by atoms with E-state index in [0.717, 1.165) is 6.26 Å². The van der Waals surface area contributed by atoms with Gasteiger partial charge in [-0.1, -0.05) is 17.7 Å². The van der Waals surface area contributed by atoms with Gasteiger partial charge in [-0.2, -0.15) is 0 Å². The van der Waals surface area contributed by atoms with Gasteiger partial charge in [0.1, 0.15) is 0 Å². The summed E-state index contributed by atoms with van der Waals surface area (Å²) in [6.45, 7) is 0.667. The number of esters is 1. The molecular formula is C12H16ClNO4S. The van der Waals surface area contributed by atoms with Crippen LogP contribution in [-0.2, 0) is 25.9 Å². The summed E-state index contributed by atoms with van der Waals surface area (Å²) in [7, 11) is -2.01. The first-order valence-electron chi connectivity index (χ1n) is 5.61. The molecule has 1 rings (SSSR count). The summed E-state index contributed by atoms with van der Waals surface area (Å²) in [5, 5.41) is 3.35. The van der Waals surface area contributed by atoms with Crippen molar-refractivity contribution in [1.82, 2.24) is 5.32 Å². The number of benzene rings is 1. The lowest BCUT2D eigenvalue weighted by Gasteiger charge is -2.11. The van der Waals surface area contributed by atoms with Crippen LogP contribution in [0.25, 0.3) is 0 Å². The summed E-state index contributed by atoms with van der Waals surface area (Å²) in [6.07, 6.45) is 1.35. The van der Waals surface area contributed by atoms with Crippen LogP contribution in [0, 0.1) is 0 Å². The zero-order chi connectivity index (χ0) is 14.5. The number of halogens is 1. The van der Waals surface area contributed by atoms with E-state index in [2.05, 4.69) is 10.1 Å². The molecule has 0 bridgehead atoms. The topological polar surface area (TPSA) is 72.5 Å². The van der Waals surface area contributed by atoms with Crippen LogP contribution in [-0.4, -0.2) is 34.3 Å². The molecule has 0 radical (unpaired) electrons. The molecule has 0 unspecified atom stereocenters. The molecule has 0 aliphatic heterocycles. The predicted molar refractivity (Wildman–Crippen MR) is 72.9 cm³/mol. The zero-order valence-electron chi connectivity index (χ0n) is 10.8. The van der Waals surface area contributed by atoms with Crippen molar-refractivity contribution in [3.05, 3.63) is 28.8 Å². The Bertz CT molecular complexity index is 557. The van der Waals surface area contributed by atoms with E-state index in [1.807, 2.05) is 0 Å². The van der Waals surface area contributed by atoms with Crippen molar-refractivity contribution >= 4 is 27.4 Å². The fraction of sp³-hybridized carbons (Fsp3) is 0.417. The average molecular weight is 306 g/mol. The molecule has 1 N–H and O–H groups in total. The zero-order valence-corrected chi connectivity index (χ0v) is 12.3. The number of hydrogen-bond acceptors (Lipinski definition) is 5. The van der Waals surface area contributed by atoms with Gasteiger partial charge in [0, 0.05) is 29.9 Å². The Morgan fingerprint density at radius 2 is 2.11 bits per heavy atom. The van der Waals surface area contributed by atoms with Gasteiger partial charge < -0.3 is 10.1 Å². The molecule has 0 aliphatic carbocycles. The predicted octanol–water partition coefficient (Wildman–Crippen LogP) is 1.40. The third kappa shape index (κ3) is 4.81. The second kappa shape index (κ2) is 6.88. The smallest absolute Gasteiger partial charge is 0.306 e. The van der Waals surface area contributed by atoms with Crippen LogP contribution < -0.4 is 5.32 Å². The Hall–Kier alpha value is -1.11. The first kappa shape index (κ1) is 15.9. The minimum absolute atomic E-state index is 0.200. The first-order chi connectivity index (χ1) is 8.86. The van der Waals surface area contributed by atoms with Crippen LogP contribution in [0.2, 0.25) is 5.02 Å². The standard InChI is InChI=1S/C12H16ClNO4S/c1-18-12(15)6-7-14-8-9-10(13)4-3-5-11(9)19(2,16)17/h3-5,14H,6-8H2,1-2H3. The number of nitrogens with one attached hydrogen (secondary N) is 1. The average Bonchev–Trinajstić information content (AvgIpc) is 2.34.